The van der Waals surface area contributed by atoms with Crippen molar-refractivity contribution in [2.24, 2.45) is 0 Å². The van der Waals surface area contributed by atoms with E-state index in [9.17, 15) is 0 Å². The van der Waals surface area contributed by atoms with E-state index in [0.717, 1.165) is 25.9 Å². The standard InChI is InChI=1S/C15H25NOS/c1-15(2,12-16-10-4-5-11-17)13-6-8-14(18-3)9-7-13/h6-9,16-17H,4-5,10-12H2,1-3H3. The zero-order valence-electron chi connectivity index (χ0n) is 11.7. The van der Waals surface area contributed by atoms with Gasteiger partial charge in [-0.15, -0.1) is 11.8 Å². The van der Waals surface area contributed by atoms with Crippen LogP contribution >= 0.6 is 11.8 Å². The van der Waals surface area contributed by atoms with Gasteiger partial charge in [0.05, 0.1) is 0 Å². The molecule has 0 saturated carbocycles. The minimum absolute atomic E-state index is 0.149. The summed E-state index contributed by atoms with van der Waals surface area (Å²) < 4.78 is 0. The first-order chi connectivity index (χ1) is 8.60. The molecule has 3 heteroatoms. The van der Waals surface area contributed by atoms with Gasteiger partial charge in [-0.05, 0) is 43.3 Å². The minimum atomic E-state index is 0.149. The molecule has 102 valence electrons. The van der Waals surface area contributed by atoms with Gasteiger partial charge in [-0.1, -0.05) is 26.0 Å². The summed E-state index contributed by atoms with van der Waals surface area (Å²) in [5, 5.41) is 12.2. The summed E-state index contributed by atoms with van der Waals surface area (Å²) in [6.07, 6.45) is 4.02. The monoisotopic (exact) mass is 267 g/mol. The van der Waals surface area contributed by atoms with Gasteiger partial charge in [0, 0.05) is 23.5 Å². The highest BCUT2D eigenvalue weighted by molar-refractivity contribution is 7.98. The predicted molar refractivity (Wildman–Crippen MR) is 80.4 cm³/mol. The molecular weight excluding hydrogens is 242 g/mol. The SMILES string of the molecule is CSc1ccc(C(C)(C)CNCCCCO)cc1. The molecule has 1 aromatic rings. The maximum atomic E-state index is 8.72. The van der Waals surface area contributed by atoms with Crippen LogP contribution < -0.4 is 5.32 Å². The second-order valence-electron chi connectivity index (χ2n) is 5.22. The molecule has 0 unspecified atom stereocenters. The molecule has 0 spiro atoms. The Kier molecular flexibility index (Phi) is 6.76. The first kappa shape index (κ1) is 15.5. The molecule has 18 heavy (non-hydrogen) atoms. The van der Waals surface area contributed by atoms with Crippen LogP contribution in [0.3, 0.4) is 0 Å². The van der Waals surface area contributed by atoms with Crippen molar-refractivity contribution in [2.45, 2.75) is 37.0 Å². The molecule has 1 aromatic carbocycles. The van der Waals surface area contributed by atoms with Crippen molar-refractivity contribution in [3.8, 4) is 0 Å². The van der Waals surface area contributed by atoms with E-state index in [4.69, 9.17) is 5.11 Å². The van der Waals surface area contributed by atoms with Crippen LogP contribution in [0.4, 0.5) is 0 Å². The molecule has 0 amide bonds. The van der Waals surface area contributed by atoms with Crippen LogP contribution in [0.15, 0.2) is 29.2 Å². The number of aliphatic hydroxyl groups is 1. The van der Waals surface area contributed by atoms with Gasteiger partial charge in [0.1, 0.15) is 0 Å². The van der Waals surface area contributed by atoms with Crippen LogP contribution in [0.1, 0.15) is 32.3 Å². The van der Waals surface area contributed by atoms with Crippen molar-refractivity contribution in [1.29, 1.82) is 0 Å². The van der Waals surface area contributed by atoms with E-state index >= 15 is 0 Å². The topological polar surface area (TPSA) is 32.3 Å². The highest BCUT2D eigenvalue weighted by Crippen LogP contribution is 2.24. The number of rotatable bonds is 8. The lowest BCUT2D eigenvalue weighted by Gasteiger charge is -2.26. The summed E-state index contributed by atoms with van der Waals surface area (Å²) in [6, 6.07) is 8.82. The molecule has 0 aliphatic rings. The fraction of sp³-hybridized carbons (Fsp3) is 0.600. The number of thioether (sulfide) groups is 1. The quantitative estimate of drug-likeness (QED) is 0.561. The number of unbranched alkanes of at least 4 members (excludes halogenated alkanes) is 1. The Morgan fingerprint density at radius 3 is 2.39 bits per heavy atom. The van der Waals surface area contributed by atoms with Crippen LogP contribution in [-0.4, -0.2) is 31.1 Å². The van der Waals surface area contributed by atoms with Gasteiger partial charge in [-0.3, -0.25) is 0 Å². The van der Waals surface area contributed by atoms with E-state index < -0.39 is 0 Å². The molecule has 0 radical (unpaired) electrons. The summed E-state index contributed by atoms with van der Waals surface area (Å²) in [5.74, 6) is 0. The lowest BCUT2D eigenvalue weighted by atomic mass is 9.84. The van der Waals surface area contributed by atoms with Crippen LogP contribution in [0, 0.1) is 0 Å². The number of hydrogen-bond donors (Lipinski definition) is 2. The third kappa shape index (κ3) is 5.01. The summed E-state index contributed by atoms with van der Waals surface area (Å²) in [5.41, 5.74) is 1.52. The number of hydrogen-bond acceptors (Lipinski definition) is 3. The van der Waals surface area contributed by atoms with Crippen LogP contribution in [0.5, 0.6) is 0 Å². The summed E-state index contributed by atoms with van der Waals surface area (Å²) in [6.45, 7) is 6.77. The highest BCUT2D eigenvalue weighted by Gasteiger charge is 2.19. The molecule has 0 bridgehead atoms. The maximum Gasteiger partial charge on any atom is 0.0431 e. The summed E-state index contributed by atoms with van der Waals surface area (Å²) >= 11 is 1.78. The lowest BCUT2D eigenvalue weighted by molar-refractivity contribution is 0.283. The molecule has 0 heterocycles. The number of nitrogens with one attached hydrogen (secondary N) is 1. The van der Waals surface area contributed by atoms with E-state index in [0.29, 0.717) is 6.61 Å². The minimum Gasteiger partial charge on any atom is -0.396 e. The van der Waals surface area contributed by atoms with Gasteiger partial charge >= 0.3 is 0 Å². The molecule has 0 aromatic heterocycles. The largest absolute Gasteiger partial charge is 0.396 e. The normalized spacial score (nSPS) is 11.8. The Bertz CT molecular complexity index is 335. The van der Waals surface area contributed by atoms with Crippen molar-refractivity contribution in [3.63, 3.8) is 0 Å². The Labute approximate surface area is 115 Å². The Morgan fingerprint density at radius 1 is 1.17 bits per heavy atom. The van der Waals surface area contributed by atoms with Crippen molar-refractivity contribution in [1.82, 2.24) is 5.32 Å². The van der Waals surface area contributed by atoms with Crippen LogP contribution in [0.2, 0.25) is 0 Å². The zero-order valence-corrected chi connectivity index (χ0v) is 12.5. The second kappa shape index (κ2) is 7.82. The first-order valence-electron chi connectivity index (χ1n) is 6.56. The van der Waals surface area contributed by atoms with Gasteiger partial charge in [0.15, 0.2) is 0 Å². The average Bonchev–Trinajstić information content (AvgIpc) is 2.38. The molecule has 2 nitrogen and oxygen atoms in total. The molecule has 0 aliphatic carbocycles. The van der Waals surface area contributed by atoms with Crippen molar-refractivity contribution in [3.05, 3.63) is 29.8 Å². The van der Waals surface area contributed by atoms with E-state index in [1.807, 2.05) is 0 Å². The van der Waals surface area contributed by atoms with Crippen molar-refractivity contribution in [2.75, 3.05) is 26.0 Å². The number of aliphatic hydroxyl groups excluding tert-OH is 1. The maximum absolute atomic E-state index is 8.72. The molecule has 1 rings (SSSR count). The fourth-order valence-corrected chi connectivity index (χ4v) is 2.32. The van der Waals surface area contributed by atoms with Crippen molar-refractivity contribution >= 4 is 11.8 Å². The molecule has 2 N–H and O–H groups in total. The second-order valence-corrected chi connectivity index (χ2v) is 6.10. The smallest absolute Gasteiger partial charge is 0.0431 e. The molecule has 0 fully saturated rings. The highest BCUT2D eigenvalue weighted by atomic mass is 32.2. The molecule has 0 atom stereocenters. The fourth-order valence-electron chi connectivity index (χ4n) is 1.91. The third-order valence-electron chi connectivity index (χ3n) is 3.20. The predicted octanol–water partition coefficient (Wildman–Crippen LogP) is 3.05. The van der Waals surface area contributed by atoms with Gasteiger partial charge in [0.2, 0.25) is 0 Å². The molecule has 0 aliphatic heterocycles. The van der Waals surface area contributed by atoms with Gasteiger partial charge in [-0.25, -0.2) is 0 Å². The Balaban J connectivity index is 2.45. The van der Waals surface area contributed by atoms with E-state index in [2.05, 4.69) is 49.7 Å². The molecular formula is C15H25NOS. The summed E-state index contributed by atoms with van der Waals surface area (Å²) in [4.78, 5) is 1.31. The van der Waals surface area contributed by atoms with Gasteiger partial charge in [-0.2, -0.15) is 0 Å². The lowest BCUT2D eigenvalue weighted by Crippen LogP contribution is -2.33. The Morgan fingerprint density at radius 2 is 1.83 bits per heavy atom. The van der Waals surface area contributed by atoms with Crippen molar-refractivity contribution < 1.29 is 5.11 Å². The third-order valence-corrected chi connectivity index (χ3v) is 3.94. The van der Waals surface area contributed by atoms with E-state index in [-0.39, 0.29) is 5.41 Å². The summed E-state index contributed by atoms with van der Waals surface area (Å²) in [7, 11) is 0. The van der Waals surface area contributed by atoms with Gasteiger partial charge < -0.3 is 10.4 Å². The average molecular weight is 267 g/mol. The van der Waals surface area contributed by atoms with E-state index in [1.54, 1.807) is 11.8 Å². The van der Waals surface area contributed by atoms with Gasteiger partial charge in [0.25, 0.3) is 0 Å². The Hall–Kier alpha value is -0.510. The first-order valence-corrected chi connectivity index (χ1v) is 7.79. The van der Waals surface area contributed by atoms with Crippen LogP contribution in [-0.2, 0) is 5.41 Å². The zero-order chi connectivity index (χ0) is 13.4. The number of benzene rings is 1. The van der Waals surface area contributed by atoms with E-state index in [1.165, 1.54) is 10.5 Å². The van der Waals surface area contributed by atoms with Crippen LogP contribution in [0.25, 0.3) is 0 Å². The molecule has 0 saturated heterocycles.